The van der Waals surface area contributed by atoms with Crippen molar-refractivity contribution in [1.29, 1.82) is 0 Å². The second-order valence-electron chi connectivity index (χ2n) is 14.3. The second kappa shape index (κ2) is 14.1. The summed E-state index contributed by atoms with van der Waals surface area (Å²) in [5, 5.41) is 36.9. The van der Waals surface area contributed by atoms with Crippen LogP contribution in [0.3, 0.4) is 0 Å². The summed E-state index contributed by atoms with van der Waals surface area (Å²) in [5.41, 5.74) is -5.21. The minimum atomic E-state index is -2.78. The van der Waals surface area contributed by atoms with Gasteiger partial charge < -0.3 is 39.0 Å². The van der Waals surface area contributed by atoms with Crippen LogP contribution in [0.2, 0.25) is 0 Å². The Kier molecular flexibility index (Phi) is 10.6. The van der Waals surface area contributed by atoms with E-state index in [4.69, 9.17) is 23.7 Å². The molecule has 12 heteroatoms. The summed E-state index contributed by atoms with van der Waals surface area (Å²) in [6, 6.07) is 17.9. The lowest BCUT2D eigenvalue weighted by molar-refractivity contribution is -0.193. The Morgan fingerprint density at radius 3 is 1.82 bits per heavy atom. The maximum absolute atomic E-state index is 14.8. The first-order valence-electron chi connectivity index (χ1n) is 16.6. The highest BCUT2D eigenvalue weighted by Gasteiger charge is 2.76. The van der Waals surface area contributed by atoms with Crippen LogP contribution in [0.15, 0.2) is 72.8 Å². The standard InChI is InChI=1S/C38H46O12/c1-20-28(46-18-24-14-10-8-11-15-24)26-33(48-22(3)39)37(7,44)35(49-23(4)40)38(26,45)31(42)21(2)30-34(50-30)36(5,6)32(43)27(41)29(20)47-19-25-16-12-9-13-17-25/h8-17,21,26-30,33-35,41,44-45H,1,18-19H2,2-7H3. The Labute approximate surface area is 291 Å². The number of carbonyl (C=O) groups excluding carboxylic acids is 4. The van der Waals surface area contributed by atoms with Gasteiger partial charge in [-0.25, -0.2) is 0 Å². The summed E-state index contributed by atoms with van der Waals surface area (Å²) in [6.07, 6.45) is -10.4. The zero-order valence-electron chi connectivity index (χ0n) is 29.1. The molecule has 1 aliphatic heterocycles. The first kappa shape index (κ1) is 37.5. The summed E-state index contributed by atoms with van der Waals surface area (Å²) in [5.74, 6) is -6.18. The van der Waals surface area contributed by atoms with E-state index in [1.165, 1.54) is 13.8 Å². The van der Waals surface area contributed by atoms with Crippen molar-refractivity contribution in [2.75, 3.05) is 0 Å². The number of aliphatic hydroxyl groups excluding tert-OH is 1. The molecule has 3 aliphatic rings. The molecule has 12 nitrogen and oxygen atoms in total. The van der Waals surface area contributed by atoms with E-state index in [0.717, 1.165) is 13.8 Å². The van der Waals surface area contributed by atoms with Crippen molar-refractivity contribution in [1.82, 2.24) is 0 Å². The third-order valence-corrected chi connectivity index (χ3v) is 10.2. The summed E-state index contributed by atoms with van der Waals surface area (Å²) in [7, 11) is 0. The van der Waals surface area contributed by atoms with E-state index in [2.05, 4.69) is 6.58 Å². The maximum atomic E-state index is 14.8. The fourth-order valence-corrected chi connectivity index (χ4v) is 7.58. The third kappa shape index (κ3) is 6.80. The van der Waals surface area contributed by atoms with Crippen LogP contribution < -0.4 is 0 Å². The highest BCUT2D eigenvalue weighted by molar-refractivity contribution is 5.94. The zero-order valence-corrected chi connectivity index (χ0v) is 29.1. The summed E-state index contributed by atoms with van der Waals surface area (Å²) in [4.78, 5) is 54.1. The van der Waals surface area contributed by atoms with Crippen LogP contribution in [0.25, 0.3) is 0 Å². The molecule has 11 atom stereocenters. The Bertz CT molecular complexity index is 1600. The normalized spacial score (nSPS) is 36.7. The number of aliphatic hydroxyl groups is 3. The number of hydrogen-bond acceptors (Lipinski definition) is 12. The first-order chi connectivity index (χ1) is 23.4. The molecule has 11 unspecified atom stereocenters. The topological polar surface area (TPSA) is 178 Å². The van der Waals surface area contributed by atoms with Gasteiger partial charge in [0.05, 0.1) is 42.9 Å². The van der Waals surface area contributed by atoms with Gasteiger partial charge in [0.2, 0.25) is 0 Å². The molecule has 0 bridgehead atoms. The van der Waals surface area contributed by atoms with Crippen LogP contribution in [0.5, 0.6) is 0 Å². The number of fused-ring (bicyclic) bond motifs is 2. The highest BCUT2D eigenvalue weighted by Crippen LogP contribution is 2.54. The van der Waals surface area contributed by atoms with Gasteiger partial charge in [-0.2, -0.15) is 0 Å². The van der Waals surface area contributed by atoms with Crippen LogP contribution in [0.4, 0.5) is 0 Å². The SMILES string of the molecule is C=C1C(OCc2ccccc2)C(O)C(=O)C(C)(C)C2OC2C(C)C(=O)C2(O)C(C1OCc1ccccc1)C(OC(C)=O)C(C)(O)C2OC(C)=O. The lowest BCUT2D eigenvalue weighted by Crippen LogP contribution is -2.61. The smallest absolute Gasteiger partial charge is 0.303 e. The molecule has 50 heavy (non-hydrogen) atoms. The third-order valence-electron chi connectivity index (χ3n) is 10.2. The van der Waals surface area contributed by atoms with Gasteiger partial charge in [0.25, 0.3) is 0 Å². The van der Waals surface area contributed by atoms with E-state index < -0.39 is 94.7 Å². The van der Waals surface area contributed by atoms with E-state index >= 15 is 0 Å². The predicted octanol–water partition coefficient (Wildman–Crippen LogP) is 2.63. The van der Waals surface area contributed by atoms with Crippen molar-refractivity contribution in [3.63, 3.8) is 0 Å². The number of epoxide rings is 1. The van der Waals surface area contributed by atoms with Crippen molar-refractivity contribution >= 4 is 23.5 Å². The Balaban J connectivity index is 1.74. The maximum Gasteiger partial charge on any atom is 0.303 e. The van der Waals surface area contributed by atoms with Crippen molar-refractivity contribution < 1.29 is 58.2 Å². The average molecular weight is 695 g/mol. The molecule has 1 saturated heterocycles. The van der Waals surface area contributed by atoms with E-state index in [1.54, 1.807) is 68.4 Å². The number of benzene rings is 2. The Morgan fingerprint density at radius 2 is 1.32 bits per heavy atom. The van der Waals surface area contributed by atoms with Crippen LogP contribution in [-0.2, 0) is 56.1 Å². The quantitative estimate of drug-likeness (QED) is 0.209. The second-order valence-corrected chi connectivity index (χ2v) is 14.3. The van der Waals surface area contributed by atoms with Gasteiger partial charge in [-0.3, -0.25) is 19.2 Å². The molecule has 0 radical (unpaired) electrons. The molecular weight excluding hydrogens is 648 g/mol. The largest absolute Gasteiger partial charge is 0.459 e. The monoisotopic (exact) mass is 694 g/mol. The predicted molar refractivity (Wildman–Crippen MR) is 177 cm³/mol. The molecule has 0 amide bonds. The van der Waals surface area contributed by atoms with Crippen molar-refractivity contribution in [2.24, 2.45) is 17.3 Å². The van der Waals surface area contributed by atoms with Crippen molar-refractivity contribution in [3.05, 3.63) is 83.9 Å². The summed E-state index contributed by atoms with van der Waals surface area (Å²) in [6.45, 7) is 12.0. The molecule has 3 fully saturated rings. The fourth-order valence-electron chi connectivity index (χ4n) is 7.58. The number of esters is 2. The number of Topliss-reactive ketones (excluding diaryl/α,β-unsaturated/α-hetero) is 2. The molecular formula is C38H46O12. The van der Waals surface area contributed by atoms with Gasteiger partial charge in [-0.05, 0) is 23.6 Å². The van der Waals surface area contributed by atoms with Gasteiger partial charge in [0, 0.05) is 19.8 Å². The van der Waals surface area contributed by atoms with E-state index in [9.17, 15) is 34.5 Å². The van der Waals surface area contributed by atoms with E-state index in [-0.39, 0.29) is 18.8 Å². The minimum absolute atomic E-state index is 0.0880. The number of hydrogen-bond donors (Lipinski definition) is 3. The molecule has 3 N–H and O–H groups in total. The molecule has 270 valence electrons. The van der Waals surface area contributed by atoms with Gasteiger partial charge in [-0.15, -0.1) is 0 Å². The first-order valence-corrected chi connectivity index (χ1v) is 16.6. The van der Waals surface area contributed by atoms with Crippen molar-refractivity contribution in [3.8, 4) is 0 Å². The summed E-state index contributed by atoms with van der Waals surface area (Å²) >= 11 is 0. The average Bonchev–Trinajstić information content (AvgIpc) is 3.87. The zero-order chi connectivity index (χ0) is 36.8. The number of carbonyl (C=O) groups is 4. The van der Waals surface area contributed by atoms with Gasteiger partial charge in [0.1, 0.15) is 23.9 Å². The molecule has 0 spiro atoms. The van der Waals surface area contributed by atoms with Crippen LogP contribution >= 0.6 is 0 Å². The molecule has 5 rings (SSSR count). The summed E-state index contributed by atoms with van der Waals surface area (Å²) < 4.78 is 29.9. The van der Waals surface area contributed by atoms with Crippen LogP contribution in [-0.4, -0.2) is 92.8 Å². The van der Waals surface area contributed by atoms with Crippen LogP contribution in [0.1, 0.15) is 52.7 Å². The number of rotatable bonds is 8. The fraction of sp³-hybridized carbons (Fsp3) is 0.526. The molecule has 2 aliphatic carbocycles. The van der Waals surface area contributed by atoms with Crippen molar-refractivity contribution in [2.45, 2.75) is 109 Å². The van der Waals surface area contributed by atoms with E-state index in [1.807, 2.05) is 6.07 Å². The molecule has 2 saturated carbocycles. The molecule has 2 aromatic rings. The minimum Gasteiger partial charge on any atom is -0.459 e. The highest BCUT2D eigenvalue weighted by atomic mass is 16.6. The molecule has 1 heterocycles. The lowest BCUT2D eigenvalue weighted by atomic mass is 9.70. The van der Waals surface area contributed by atoms with Crippen LogP contribution in [0, 0.1) is 17.3 Å². The van der Waals surface area contributed by atoms with E-state index in [0.29, 0.717) is 11.1 Å². The molecule has 2 aromatic carbocycles. The number of ether oxygens (including phenoxy) is 5. The lowest BCUT2D eigenvalue weighted by Gasteiger charge is -2.42. The number of ketones is 2. The molecule has 0 aromatic heterocycles. The van der Waals surface area contributed by atoms with Gasteiger partial charge in [-0.1, -0.05) is 88.0 Å². The van der Waals surface area contributed by atoms with Gasteiger partial charge in [0.15, 0.2) is 23.3 Å². The Hall–Kier alpha value is -3.78. The van der Waals surface area contributed by atoms with Gasteiger partial charge >= 0.3 is 11.9 Å². The Morgan fingerprint density at radius 1 is 0.820 bits per heavy atom.